The summed E-state index contributed by atoms with van der Waals surface area (Å²) in [5.74, 6) is -0.0709. The molecule has 156 valence electrons. The fourth-order valence-electron chi connectivity index (χ4n) is 4.34. The minimum absolute atomic E-state index is 0.0207. The van der Waals surface area contributed by atoms with E-state index < -0.39 is 0 Å². The lowest BCUT2D eigenvalue weighted by atomic mass is 9.87. The SMILES string of the molecule is CC(C)(C)NC(=O)C1=C(N)C2=C(c3cccs3)C3=C(CCCCCCC3)NC2S1. The fourth-order valence-corrected chi connectivity index (χ4v) is 6.34. The number of dihydropyridines is 1. The van der Waals surface area contributed by atoms with Crippen molar-refractivity contribution in [3.63, 3.8) is 0 Å². The summed E-state index contributed by atoms with van der Waals surface area (Å²) in [5.41, 5.74) is 12.2. The molecule has 1 aromatic rings. The number of carbonyl (C=O) groups excluding carboxylic acids is 1. The Hall–Kier alpha value is -1.66. The lowest BCUT2D eigenvalue weighted by Gasteiger charge is -2.31. The van der Waals surface area contributed by atoms with Gasteiger partial charge >= 0.3 is 0 Å². The first kappa shape index (κ1) is 20.6. The van der Waals surface area contributed by atoms with E-state index >= 15 is 0 Å². The smallest absolute Gasteiger partial charge is 0.260 e. The minimum atomic E-state index is -0.289. The highest BCUT2D eigenvalue weighted by molar-refractivity contribution is 8.05. The molecule has 1 amide bonds. The Labute approximate surface area is 182 Å². The van der Waals surface area contributed by atoms with Crippen molar-refractivity contribution in [1.82, 2.24) is 10.6 Å². The highest BCUT2D eigenvalue weighted by Gasteiger charge is 2.40. The molecule has 0 aromatic carbocycles. The van der Waals surface area contributed by atoms with Crippen molar-refractivity contribution in [1.29, 1.82) is 0 Å². The topological polar surface area (TPSA) is 67.2 Å². The fraction of sp³-hybridized carbons (Fsp3) is 0.522. The molecule has 0 fully saturated rings. The van der Waals surface area contributed by atoms with Crippen molar-refractivity contribution in [2.75, 3.05) is 0 Å². The molecule has 1 aromatic heterocycles. The van der Waals surface area contributed by atoms with Crippen molar-refractivity contribution in [3.05, 3.63) is 49.8 Å². The molecule has 1 unspecified atom stereocenters. The van der Waals surface area contributed by atoms with Crippen LogP contribution in [0.5, 0.6) is 0 Å². The molecule has 4 nitrogen and oxygen atoms in total. The van der Waals surface area contributed by atoms with Crippen LogP contribution in [0.1, 0.15) is 70.6 Å². The van der Waals surface area contributed by atoms with Gasteiger partial charge < -0.3 is 16.4 Å². The quantitative estimate of drug-likeness (QED) is 0.600. The van der Waals surface area contributed by atoms with Gasteiger partial charge in [0.2, 0.25) is 0 Å². The molecule has 6 heteroatoms. The van der Waals surface area contributed by atoms with E-state index in [2.05, 4.69) is 28.1 Å². The molecular weight excluding hydrogens is 398 g/mol. The van der Waals surface area contributed by atoms with Crippen LogP contribution < -0.4 is 16.4 Å². The second-order valence-corrected chi connectivity index (χ2v) is 11.1. The normalized spacial score (nSPS) is 23.1. The molecule has 1 aliphatic carbocycles. The van der Waals surface area contributed by atoms with E-state index in [9.17, 15) is 4.79 Å². The third-order valence-corrected chi connectivity index (χ3v) is 7.71. The monoisotopic (exact) mass is 429 g/mol. The van der Waals surface area contributed by atoms with Crippen molar-refractivity contribution >= 4 is 34.6 Å². The molecular formula is C23H31N3OS2. The van der Waals surface area contributed by atoms with Crippen LogP contribution >= 0.6 is 23.1 Å². The van der Waals surface area contributed by atoms with Gasteiger partial charge in [0, 0.05) is 27.3 Å². The zero-order chi connectivity index (χ0) is 20.6. The predicted octanol–water partition coefficient (Wildman–Crippen LogP) is 5.26. The van der Waals surface area contributed by atoms with Crippen LogP contribution in [0.15, 0.2) is 45.0 Å². The van der Waals surface area contributed by atoms with Crippen LogP contribution in [0.4, 0.5) is 0 Å². The van der Waals surface area contributed by atoms with Crippen molar-refractivity contribution in [2.24, 2.45) is 5.73 Å². The molecule has 4 N–H and O–H groups in total. The lowest BCUT2D eigenvalue weighted by molar-refractivity contribution is -0.118. The maximum atomic E-state index is 12.9. The number of fused-ring (bicyclic) bond motifs is 1. The zero-order valence-electron chi connectivity index (χ0n) is 17.6. The number of hydrogen-bond acceptors (Lipinski definition) is 5. The molecule has 29 heavy (non-hydrogen) atoms. The van der Waals surface area contributed by atoms with Gasteiger partial charge in [-0.15, -0.1) is 11.3 Å². The highest BCUT2D eigenvalue weighted by Crippen LogP contribution is 2.49. The summed E-state index contributed by atoms with van der Waals surface area (Å²) in [6, 6.07) is 4.30. The Morgan fingerprint density at radius 2 is 1.90 bits per heavy atom. The summed E-state index contributed by atoms with van der Waals surface area (Å²) in [6.45, 7) is 6.00. The van der Waals surface area contributed by atoms with Crippen molar-refractivity contribution < 1.29 is 4.79 Å². The van der Waals surface area contributed by atoms with Crippen LogP contribution in [0.25, 0.3) is 5.57 Å². The number of nitrogens with two attached hydrogens (primary N) is 1. The van der Waals surface area contributed by atoms with Gasteiger partial charge in [-0.25, -0.2) is 0 Å². The van der Waals surface area contributed by atoms with Crippen LogP contribution in [-0.2, 0) is 4.79 Å². The van der Waals surface area contributed by atoms with E-state index in [0.29, 0.717) is 10.6 Å². The Kier molecular flexibility index (Phi) is 5.85. The van der Waals surface area contributed by atoms with Crippen LogP contribution in [0.2, 0.25) is 0 Å². The van der Waals surface area contributed by atoms with E-state index in [0.717, 1.165) is 18.4 Å². The number of rotatable bonds is 2. The molecule has 2 aliphatic heterocycles. The average Bonchev–Trinajstić information content (AvgIpc) is 3.29. The first-order valence-corrected chi connectivity index (χ1v) is 12.4. The number of thiophene rings is 1. The van der Waals surface area contributed by atoms with E-state index in [1.807, 2.05) is 20.8 Å². The number of hydrogen-bond donors (Lipinski definition) is 3. The largest absolute Gasteiger partial charge is 0.397 e. The van der Waals surface area contributed by atoms with E-state index in [4.69, 9.17) is 5.73 Å². The first-order valence-electron chi connectivity index (χ1n) is 10.6. The van der Waals surface area contributed by atoms with Crippen LogP contribution in [0, 0.1) is 0 Å². The van der Waals surface area contributed by atoms with Crippen molar-refractivity contribution in [2.45, 2.75) is 76.6 Å². The molecule has 0 radical (unpaired) electrons. The minimum Gasteiger partial charge on any atom is -0.397 e. The van der Waals surface area contributed by atoms with Crippen LogP contribution in [-0.4, -0.2) is 16.8 Å². The van der Waals surface area contributed by atoms with E-state index in [-0.39, 0.29) is 16.8 Å². The number of allylic oxidation sites excluding steroid dienone is 3. The van der Waals surface area contributed by atoms with Crippen LogP contribution in [0.3, 0.4) is 0 Å². The molecule has 1 atom stereocenters. The van der Waals surface area contributed by atoms with Gasteiger partial charge in [0.1, 0.15) is 5.37 Å². The summed E-state index contributed by atoms with van der Waals surface area (Å²) >= 11 is 3.33. The maximum Gasteiger partial charge on any atom is 0.260 e. The van der Waals surface area contributed by atoms with Gasteiger partial charge in [-0.05, 0) is 63.5 Å². The summed E-state index contributed by atoms with van der Waals surface area (Å²) < 4.78 is 0. The number of thioether (sulfide) groups is 1. The molecule has 3 heterocycles. The van der Waals surface area contributed by atoms with E-state index in [1.54, 1.807) is 23.1 Å². The summed E-state index contributed by atoms with van der Waals surface area (Å²) in [7, 11) is 0. The molecule has 3 aliphatic rings. The van der Waals surface area contributed by atoms with Gasteiger partial charge in [-0.1, -0.05) is 37.1 Å². The van der Waals surface area contributed by atoms with E-state index in [1.165, 1.54) is 53.8 Å². The third-order valence-electron chi connectivity index (χ3n) is 5.59. The second-order valence-electron chi connectivity index (χ2n) is 9.08. The predicted molar refractivity (Wildman–Crippen MR) is 124 cm³/mol. The summed E-state index contributed by atoms with van der Waals surface area (Å²) in [5, 5.41) is 9.00. The Bertz CT molecular complexity index is 888. The standard InChI is InChI=1S/C23H31N3OS2/c1-23(2,3)26-21(27)20-19(24)18-17(16-12-9-13-28-16)14-10-7-5-4-6-8-11-15(14)25-22(18)29-20/h9,12-13,22,25H,4-8,10-11,24H2,1-3H3,(H,26,27). The Morgan fingerprint density at radius 3 is 2.59 bits per heavy atom. The first-order chi connectivity index (χ1) is 13.8. The summed E-state index contributed by atoms with van der Waals surface area (Å²) in [4.78, 5) is 14.9. The Balaban J connectivity index is 1.81. The zero-order valence-corrected chi connectivity index (χ0v) is 19.2. The number of carbonyl (C=O) groups is 1. The van der Waals surface area contributed by atoms with Gasteiger partial charge in [-0.2, -0.15) is 0 Å². The molecule has 0 spiro atoms. The van der Waals surface area contributed by atoms with Gasteiger partial charge in [-0.3, -0.25) is 4.79 Å². The maximum absolute atomic E-state index is 12.9. The third kappa shape index (κ3) is 4.29. The van der Waals surface area contributed by atoms with Gasteiger partial charge in [0.05, 0.1) is 10.6 Å². The average molecular weight is 430 g/mol. The van der Waals surface area contributed by atoms with Gasteiger partial charge in [0.25, 0.3) is 5.91 Å². The number of nitrogens with one attached hydrogen (secondary N) is 2. The molecule has 0 saturated heterocycles. The van der Waals surface area contributed by atoms with Gasteiger partial charge in [0.15, 0.2) is 0 Å². The second kappa shape index (κ2) is 8.23. The molecule has 0 bridgehead atoms. The molecule has 4 rings (SSSR count). The highest BCUT2D eigenvalue weighted by atomic mass is 32.2. The summed E-state index contributed by atoms with van der Waals surface area (Å²) in [6.07, 6.45) is 8.49. The van der Waals surface area contributed by atoms with Crippen molar-refractivity contribution in [3.8, 4) is 0 Å². The Morgan fingerprint density at radius 1 is 1.17 bits per heavy atom. The number of amides is 1. The molecule has 0 saturated carbocycles. The lowest BCUT2D eigenvalue weighted by Crippen LogP contribution is -2.41.